The van der Waals surface area contributed by atoms with E-state index in [4.69, 9.17) is 4.74 Å². The molecule has 0 aromatic heterocycles. The lowest BCUT2D eigenvalue weighted by Crippen LogP contribution is -2.39. The first-order valence-electron chi connectivity index (χ1n) is 6.78. The van der Waals surface area contributed by atoms with E-state index in [9.17, 15) is 4.79 Å². The molecule has 4 heteroatoms. The van der Waals surface area contributed by atoms with E-state index in [0.717, 1.165) is 11.1 Å². The minimum Gasteiger partial charge on any atom is -0.468 e. The summed E-state index contributed by atoms with van der Waals surface area (Å²) in [5.41, 5.74) is 2.26. The van der Waals surface area contributed by atoms with Crippen LogP contribution in [0.15, 0.2) is 54.6 Å². The van der Waals surface area contributed by atoms with Gasteiger partial charge in [-0.05, 0) is 52.3 Å². The molecule has 3 nitrogen and oxygen atoms in total. The van der Waals surface area contributed by atoms with Crippen LogP contribution in [0.3, 0.4) is 0 Å². The molecule has 0 heterocycles. The molecule has 0 amide bonds. The van der Waals surface area contributed by atoms with Crippen LogP contribution >= 0.6 is 22.6 Å². The highest BCUT2D eigenvalue weighted by atomic mass is 127. The number of hydrogen-bond acceptors (Lipinski definition) is 3. The average molecular weight is 395 g/mol. The largest absolute Gasteiger partial charge is 0.468 e. The zero-order valence-electron chi connectivity index (χ0n) is 11.9. The Labute approximate surface area is 138 Å². The SMILES string of the molecule is COC(=O)C(Cc1ccc(I)cc1)NCc1ccccc1. The molecule has 0 fully saturated rings. The van der Waals surface area contributed by atoms with Crippen molar-refractivity contribution in [1.82, 2.24) is 5.32 Å². The smallest absolute Gasteiger partial charge is 0.323 e. The van der Waals surface area contributed by atoms with E-state index < -0.39 is 0 Å². The fourth-order valence-electron chi connectivity index (χ4n) is 2.07. The predicted molar refractivity (Wildman–Crippen MR) is 91.9 cm³/mol. The average Bonchev–Trinajstić information content (AvgIpc) is 2.53. The Kier molecular flexibility index (Phi) is 6.20. The fraction of sp³-hybridized carbons (Fsp3) is 0.235. The van der Waals surface area contributed by atoms with Crippen LogP contribution in [0, 0.1) is 3.57 Å². The van der Waals surface area contributed by atoms with Crippen molar-refractivity contribution in [3.8, 4) is 0 Å². The second-order valence-corrected chi connectivity index (χ2v) is 6.02. The van der Waals surface area contributed by atoms with Crippen LogP contribution in [-0.4, -0.2) is 19.1 Å². The maximum Gasteiger partial charge on any atom is 0.323 e. The fourth-order valence-corrected chi connectivity index (χ4v) is 2.43. The minimum atomic E-state index is -0.338. The summed E-state index contributed by atoms with van der Waals surface area (Å²) in [4.78, 5) is 11.9. The first-order valence-corrected chi connectivity index (χ1v) is 7.86. The third kappa shape index (κ3) is 5.13. The van der Waals surface area contributed by atoms with Crippen LogP contribution in [0.25, 0.3) is 0 Å². The second kappa shape index (κ2) is 8.14. The summed E-state index contributed by atoms with van der Waals surface area (Å²) >= 11 is 2.27. The number of halogens is 1. The number of ether oxygens (including phenoxy) is 1. The lowest BCUT2D eigenvalue weighted by atomic mass is 10.1. The van der Waals surface area contributed by atoms with Crippen LogP contribution in [0.4, 0.5) is 0 Å². The number of benzene rings is 2. The Balaban J connectivity index is 2.01. The molecule has 1 atom stereocenters. The number of hydrogen-bond donors (Lipinski definition) is 1. The highest BCUT2D eigenvalue weighted by molar-refractivity contribution is 14.1. The Morgan fingerprint density at radius 1 is 1.10 bits per heavy atom. The summed E-state index contributed by atoms with van der Waals surface area (Å²) in [5.74, 6) is -0.232. The molecule has 1 N–H and O–H groups in total. The third-order valence-corrected chi connectivity index (χ3v) is 3.95. The summed E-state index contributed by atoms with van der Waals surface area (Å²) in [6.45, 7) is 0.644. The van der Waals surface area contributed by atoms with E-state index in [1.54, 1.807) is 0 Å². The van der Waals surface area contributed by atoms with Gasteiger partial charge in [-0.1, -0.05) is 42.5 Å². The molecule has 2 rings (SSSR count). The van der Waals surface area contributed by atoms with Gasteiger partial charge in [-0.2, -0.15) is 0 Å². The topological polar surface area (TPSA) is 38.3 Å². The first-order chi connectivity index (χ1) is 10.2. The van der Waals surface area contributed by atoms with E-state index >= 15 is 0 Å². The maximum absolute atomic E-state index is 11.9. The third-order valence-electron chi connectivity index (χ3n) is 3.23. The van der Waals surface area contributed by atoms with Gasteiger partial charge in [0.2, 0.25) is 0 Å². The van der Waals surface area contributed by atoms with Gasteiger partial charge in [-0.25, -0.2) is 0 Å². The molecule has 0 spiro atoms. The first kappa shape index (κ1) is 16.0. The van der Waals surface area contributed by atoms with E-state index in [0.29, 0.717) is 13.0 Å². The molecule has 1 unspecified atom stereocenters. The standard InChI is InChI=1S/C17H18INO2/c1-21-17(20)16(11-13-7-9-15(18)10-8-13)19-12-14-5-3-2-4-6-14/h2-10,16,19H,11-12H2,1H3. The Bertz CT molecular complexity index is 569. The van der Waals surface area contributed by atoms with Crippen molar-refractivity contribution >= 4 is 28.6 Å². The van der Waals surface area contributed by atoms with Crippen molar-refractivity contribution in [3.63, 3.8) is 0 Å². The van der Waals surface area contributed by atoms with Crippen molar-refractivity contribution in [2.24, 2.45) is 0 Å². The van der Waals surface area contributed by atoms with Crippen molar-refractivity contribution < 1.29 is 9.53 Å². The molecule has 0 aliphatic heterocycles. The summed E-state index contributed by atoms with van der Waals surface area (Å²) in [6.07, 6.45) is 0.621. The molecule has 2 aromatic rings. The molecule has 0 saturated carbocycles. The molecule has 110 valence electrons. The quantitative estimate of drug-likeness (QED) is 0.603. The maximum atomic E-state index is 11.9. The number of carbonyl (C=O) groups excluding carboxylic acids is 1. The number of carbonyl (C=O) groups is 1. The van der Waals surface area contributed by atoms with Gasteiger partial charge in [0.1, 0.15) is 6.04 Å². The summed E-state index contributed by atoms with van der Waals surface area (Å²) in [6, 6.07) is 17.9. The second-order valence-electron chi connectivity index (χ2n) is 4.77. The highest BCUT2D eigenvalue weighted by Crippen LogP contribution is 2.10. The lowest BCUT2D eigenvalue weighted by Gasteiger charge is -2.16. The van der Waals surface area contributed by atoms with Gasteiger partial charge in [0.15, 0.2) is 0 Å². The van der Waals surface area contributed by atoms with E-state index in [2.05, 4.69) is 27.9 Å². The normalized spacial score (nSPS) is 11.9. The van der Waals surface area contributed by atoms with Gasteiger partial charge < -0.3 is 10.1 Å². The van der Waals surface area contributed by atoms with Crippen molar-refractivity contribution in [1.29, 1.82) is 0 Å². The van der Waals surface area contributed by atoms with Gasteiger partial charge in [-0.3, -0.25) is 4.79 Å². The number of rotatable bonds is 6. The summed E-state index contributed by atoms with van der Waals surface area (Å²) in [7, 11) is 1.42. The Hall–Kier alpha value is -1.40. The molecule has 21 heavy (non-hydrogen) atoms. The zero-order valence-corrected chi connectivity index (χ0v) is 14.0. The monoisotopic (exact) mass is 395 g/mol. The van der Waals surface area contributed by atoms with Crippen LogP contribution in [-0.2, 0) is 22.5 Å². The zero-order chi connectivity index (χ0) is 15.1. The van der Waals surface area contributed by atoms with Gasteiger partial charge in [0, 0.05) is 10.1 Å². The highest BCUT2D eigenvalue weighted by Gasteiger charge is 2.18. The number of methoxy groups -OCH3 is 1. The molecule has 0 radical (unpaired) electrons. The lowest BCUT2D eigenvalue weighted by molar-refractivity contribution is -0.143. The number of esters is 1. The van der Waals surface area contributed by atoms with Crippen LogP contribution in [0.1, 0.15) is 11.1 Å². The van der Waals surface area contributed by atoms with Crippen LogP contribution in [0.2, 0.25) is 0 Å². The summed E-state index contributed by atoms with van der Waals surface area (Å²) < 4.78 is 6.08. The molecular weight excluding hydrogens is 377 g/mol. The van der Waals surface area contributed by atoms with Gasteiger partial charge in [0.05, 0.1) is 7.11 Å². The molecule has 0 bridgehead atoms. The van der Waals surface area contributed by atoms with Crippen LogP contribution in [0.5, 0.6) is 0 Å². The number of nitrogens with one attached hydrogen (secondary N) is 1. The van der Waals surface area contributed by atoms with Crippen molar-refractivity contribution in [2.45, 2.75) is 19.0 Å². The van der Waals surface area contributed by atoms with E-state index in [1.807, 2.05) is 54.6 Å². The van der Waals surface area contributed by atoms with Gasteiger partial charge >= 0.3 is 5.97 Å². The van der Waals surface area contributed by atoms with E-state index in [-0.39, 0.29) is 12.0 Å². The molecule has 2 aromatic carbocycles. The van der Waals surface area contributed by atoms with E-state index in [1.165, 1.54) is 10.7 Å². The minimum absolute atomic E-state index is 0.232. The Morgan fingerprint density at radius 2 is 1.76 bits per heavy atom. The predicted octanol–water partition coefficient (Wildman–Crippen LogP) is 3.17. The van der Waals surface area contributed by atoms with Crippen LogP contribution < -0.4 is 5.32 Å². The molecule has 0 saturated heterocycles. The van der Waals surface area contributed by atoms with Gasteiger partial charge in [0.25, 0.3) is 0 Å². The molecular formula is C17H18INO2. The van der Waals surface area contributed by atoms with Crippen molar-refractivity contribution in [3.05, 3.63) is 69.3 Å². The molecule has 0 aliphatic carbocycles. The van der Waals surface area contributed by atoms with Crippen molar-refractivity contribution in [2.75, 3.05) is 7.11 Å². The summed E-state index contributed by atoms with van der Waals surface area (Å²) in [5, 5.41) is 3.27. The molecule has 0 aliphatic rings. The van der Waals surface area contributed by atoms with Gasteiger partial charge in [-0.15, -0.1) is 0 Å². The Morgan fingerprint density at radius 3 is 2.38 bits per heavy atom.